The van der Waals surface area contributed by atoms with Crippen LogP contribution in [0.15, 0.2) is 28.5 Å². The lowest BCUT2D eigenvalue weighted by Crippen LogP contribution is -2.50. The average Bonchev–Trinajstić information content (AvgIpc) is 2.99. The molecule has 0 aliphatic heterocycles. The SMILES string of the molecule is CN(C)CCO/N=C/C=C1/C=C2CCC3C(CC[C@@]4(C)C3CC[C@@H]4O)[C@@]2(C)CC1. The van der Waals surface area contributed by atoms with Gasteiger partial charge >= 0.3 is 0 Å². The third-order valence-corrected chi connectivity index (χ3v) is 9.03. The van der Waals surface area contributed by atoms with E-state index in [0.29, 0.717) is 12.0 Å². The maximum absolute atomic E-state index is 10.6. The largest absolute Gasteiger partial charge is 0.394 e. The van der Waals surface area contributed by atoms with E-state index in [9.17, 15) is 5.11 Å². The van der Waals surface area contributed by atoms with Gasteiger partial charge in [0.15, 0.2) is 0 Å². The minimum absolute atomic E-state index is 0.0710. The first kappa shape index (κ1) is 21.1. The zero-order valence-corrected chi connectivity index (χ0v) is 18.9. The third-order valence-electron chi connectivity index (χ3n) is 9.03. The molecule has 4 aliphatic rings. The molecule has 4 nitrogen and oxygen atoms in total. The van der Waals surface area contributed by atoms with Crippen molar-refractivity contribution in [3.8, 4) is 0 Å². The summed E-state index contributed by atoms with van der Waals surface area (Å²) in [5.41, 5.74) is 3.60. The van der Waals surface area contributed by atoms with Gasteiger partial charge in [0.1, 0.15) is 6.61 Å². The van der Waals surface area contributed by atoms with Gasteiger partial charge in [-0.25, -0.2) is 0 Å². The highest BCUT2D eigenvalue weighted by atomic mass is 16.6. The van der Waals surface area contributed by atoms with E-state index in [0.717, 1.165) is 37.1 Å². The van der Waals surface area contributed by atoms with Gasteiger partial charge < -0.3 is 14.8 Å². The van der Waals surface area contributed by atoms with E-state index >= 15 is 0 Å². The molecule has 0 radical (unpaired) electrons. The highest BCUT2D eigenvalue weighted by Crippen LogP contribution is 2.65. The number of hydrogen-bond donors (Lipinski definition) is 1. The molecule has 0 saturated heterocycles. The molecule has 3 unspecified atom stereocenters. The van der Waals surface area contributed by atoms with Crippen LogP contribution in [-0.4, -0.2) is 49.6 Å². The van der Waals surface area contributed by atoms with E-state index < -0.39 is 0 Å². The molecule has 4 rings (SSSR count). The molecule has 0 aromatic heterocycles. The highest BCUT2D eigenvalue weighted by Gasteiger charge is 2.58. The second-order valence-corrected chi connectivity index (χ2v) is 10.8. The summed E-state index contributed by atoms with van der Waals surface area (Å²) < 4.78 is 0. The lowest BCUT2D eigenvalue weighted by molar-refractivity contribution is -0.0727. The van der Waals surface area contributed by atoms with Crippen molar-refractivity contribution in [2.24, 2.45) is 33.7 Å². The van der Waals surface area contributed by atoms with Gasteiger partial charge in [-0.3, -0.25) is 0 Å². The Bertz CT molecular complexity index is 697. The van der Waals surface area contributed by atoms with Gasteiger partial charge in [-0.2, -0.15) is 0 Å². The van der Waals surface area contributed by atoms with Crippen LogP contribution in [0.25, 0.3) is 0 Å². The molecule has 0 amide bonds. The van der Waals surface area contributed by atoms with E-state index in [-0.39, 0.29) is 11.5 Å². The van der Waals surface area contributed by atoms with E-state index in [2.05, 4.69) is 36.1 Å². The normalized spacial score (nSPS) is 43.2. The van der Waals surface area contributed by atoms with E-state index in [4.69, 9.17) is 4.84 Å². The van der Waals surface area contributed by atoms with Crippen molar-refractivity contribution in [2.75, 3.05) is 27.2 Å². The van der Waals surface area contributed by atoms with Gasteiger partial charge in [0, 0.05) is 6.54 Å². The fourth-order valence-electron chi connectivity index (χ4n) is 7.16. The number of aliphatic hydroxyl groups is 1. The second-order valence-electron chi connectivity index (χ2n) is 10.8. The van der Waals surface area contributed by atoms with Crippen LogP contribution < -0.4 is 0 Å². The molecule has 162 valence electrons. The zero-order chi connectivity index (χ0) is 20.6. The van der Waals surface area contributed by atoms with Crippen LogP contribution in [0.5, 0.6) is 0 Å². The van der Waals surface area contributed by atoms with Gasteiger partial charge in [0.25, 0.3) is 0 Å². The molecule has 0 bridgehead atoms. The van der Waals surface area contributed by atoms with Crippen LogP contribution in [0.4, 0.5) is 0 Å². The number of fused-ring (bicyclic) bond motifs is 5. The summed E-state index contributed by atoms with van der Waals surface area (Å²) in [5, 5.41) is 14.7. The van der Waals surface area contributed by atoms with Crippen molar-refractivity contribution in [1.29, 1.82) is 0 Å². The fourth-order valence-corrected chi connectivity index (χ4v) is 7.16. The molecule has 4 aliphatic carbocycles. The molecule has 3 saturated carbocycles. The first-order chi connectivity index (χ1) is 13.8. The predicted octanol–water partition coefficient (Wildman–Crippen LogP) is 4.80. The number of likely N-dealkylation sites (N-methyl/N-ethyl adjacent to an activating group) is 1. The van der Waals surface area contributed by atoms with Crippen LogP contribution in [0.2, 0.25) is 0 Å². The Morgan fingerprint density at radius 1 is 1.14 bits per heavy atom. The molecule has 0 aromatic carbocycles. The smallest absolute Gasteiger partial charge is 0.129 e. The summed E-state index contributed by atoms with van der Waals surface area (Å²) >= 11 is 0. The maximum Gasteiger partial charge on any atom is 0.129 e. The molecule has 3 fully saturated rings. The highest BCUT2D eigenvalue weighted by molar-refractivity contribution is 5.72. The third kappa shape index (κ3) is 3.83. The Balaban J connectivity index is 1.44. The molecule has 0 spiro atoms. The minimum atomic E-state index is -0.0710. The van der Waals surface area contributed by atoms with Gasteiger partial charge in [0.2, 0.25) is 0 Å². The van der Waals surface area contributed by atoms with Crippen LogP contribution in [0, 0.1) is 28.6 Å². The summed E-state index contributed by atoms with van der Waals surface area (Å²) in [6.45, 7) is 6.43. The summed E-state index contributed by atoms with van der Waals surface area (Å²) in [5.74, 6) is 2.35. The zero-order valence-electron chi connectivity index (χ0n) is 18.9. The fraction of sp³-hybridized carbons (Fsp3) is 0.800. The molecular formula is C25H40N2O2. The van der Waals surface area contributed by atoms with Crippen LogP contribution >= 0.6 is 0 Å². The van der Waals surface area contributed by atoms with Gasteiger partial charge in [-0.05, 0) is 106 Å². The summed E-state index contributed by atoms with van der Waals surface area (Å²) in [6, 6.07) is 0. The number of aliphatic hydroxyl groups excluding tert-OH is 1. The molecule has 29 heavy (non-hydrogen) atoms. The van der Waals surface area contributed by atoms with Crippen LogP contribution in [-0.2, 0) is 4.84 Å². The Morgan fingerprint density at radius 2 is 1.97 bits per heavy atom. The van der Waals surface area contributed by atoms with E-state index in [1.54, 1.807) is 5.57 Å². The molecule has 4 heteroatoms. The van der Waals surface area contributed by atoms with Crippen molar-refractivity contribution >= 4 is 6.21 Å². The van der Waals surface area contributed by atoms with Crippen molar-refractivity contribution in [1.82, 2.24) is 4.90 Å². The topological polar surface area (TPSA) is 45.1 Å². The Hall–Kier alpha value is -1.13. The van der Waals surface area contributed by atoms with Crippen LogP contribution in [0.3, 0.4) is 0 Å². The quantitative estimate of drug-likeness (QED) is 0.410. The monoisotopic (exact) mass is 400 g/mol. The molecular weight excluding hydrogens is 360 g/mol. The van der Waals surface area contributed by atoms with Gasteiger partial charge in [-0.1, -0.05) is 30.7 Å². The number of oxime groups is 1. The van der Waals surface area contributed by atoms with Crippen molar-refractivity contribution in [2.45, 2.75) is 71.3 Å². The lowest BCUT2D eigenvalue weighted by atomic mass is 9.47. The number of hydrogen-bond acceptors (Lipinski definition) is 4. The molecule has 0 aromatic rings. The summed E-state index contributed by atoms with van der Waals surface area (Å²) in [4.78, 5) is 7.43. The van der Waals surface area contributed by atoms with Crippen LogP contribution in [0.1, 0.15) is 65.2 Å². The van der Waals surface area contributed by atoms with E-state index in [1.165, 1.54) is 44.1 Å². The first-order valence-corrected chi connectivity index (χ1v) is 11.7. The second kappa shape index (κ2) is 8.19. The minimum Gasteiger partial charge on any atom is -0.394 e. The number of nitrogens with zero attached hydrogens (tertiary/aromatic N) is 2. The standard InChI is InChI=1S/C25H40N2O2/c1-24-12-9-18(11-14-26-29-16-15-27(3)4)17-19(24)5-6-20-21-7-8-23(28)25(21,2)13-10-22(20)24/h11,14,17,20-23,28H,5-10,12-13,15-16H2,1-4H3/b18-11+,26-14+/t20?,21?,22?,23-,24-,25-/m0/s1. The van der Waals surface area contributed by atoms with Gasteiger partial charge in [0.05, 0.1) is 12.3 Å². The Kier molecular flexibility index (Phi) is 5.96. The van der Waals surface area contributed by atoms with Crippen molar-refractivity contribution < 1.29 is 9.94 Å². The predicted molar refractivity (Wildman–Crippen MR) is 119 cm³/mol. The van der Waals surface area contributed by atoms with Gasteiger partial charge in [-0.15, -0.1) is 0 Å². The molecule has 6 atom stereocenters. The van der Waals surface area contributed by atoms with E-state index in [1.807, 2.05) is 20.3 Å². The number of allylic oxidation sites excluding steroid dienone is 4. The van der Waals surface area contributed by atoms with Crippen molar-refractivity contribution in [3.63, 3.8) is 0 Å². The lowest BCUT2D eigenvalue weighted by Gasteiger charge is -2.58. The van der Waals surface area contributed by atoms with Crippen molar-refractivity contribution in [3.05, 3.63) is 23.3 Å². The summed E-state index contributed by atoms with van der Waals surface area (Å²) in [6.07, 6.45) is 16.1. The number of rotatable bonds is 5. The Morgan fingerprint density at radius 3 is 2.76 bits per heavy atom. The summed E-state index contributed by atoms with van der Waals surface area (Å²) in [7, 11) is 4.08. The Labute approximate surface area is 177 Å². The molecule has 1 N–H and O–H groups in total. The first-order valence-electron chi connectivity index (χ1n) is 11.7. The molecule has 0 heterocycles. The maximum atomic E-state index is 10.6. The average molecular weight is 401 g/mol.